The summed E-state index contributed by atoms with van der Waals surface area (Å²) in [6.07, 6.45) is 1.16. The van der Waals surface area contributed by atoms with Crippen molar-refractivity contribution in [2.45, 2.75) is 44.8 Å². The van der Waals surface area contributed by atoms with E-state index >= 15 is 0 Å². The summed E-state index contributed by atoms with van der Waals surface area (Å²) in [5.41, 5.74) is 8.18. The summed E-state index contributed by atoms with van der Waals surface area (Å²) >= 11 is 5.86. The molecule has 0 amide bonds. The van der Waals surface area contributed by atoms with Crippen molar-refractivity contribution in [1.29, 1.82) is 0 Å². The molecule has 8 nitrogen and oxygen atoms in total. The molecule has 0 bridgehead atoms. The van der Waals surface area contributed by atoms with E-state index in [1.165, 1.54) is 0 Å². The Balaban J connectivity index is 0.000000227. The van der Waals surface area contributed by atoms with E-state index in [9.17, 15) is 14.7 Å². The van der Waals surface area contributed by atoms with E-state index in [1.54, 1.807) is 13.0 Å². The van der Waals surface area contributed by atoms with Crippen LogP contribution in [-0.4, -0.2) is 29.8 Å². The molecule has 3 aromatic carbocycles. The van der Waals surface area contributed by atoms with Crippen LogP contribution >= 0.6 is 11.6 Å². The zero-order valence-electron chi connectivity index (χ0n) is 22.5. The van der Waals surface area contributed by atoms with Gasteiger partial charge in [-0.2, -0.15) is 0 Å². The Labute approximate surface area is 237 Å². The van der Waals surface area contributed by atoms with Crippen molar-refractivity contribution in [2.75, 3.05) is 17.7 Å². The molecule has 1 aliphatic carbocycles. The molecule has 0 radical (unpaired) electrons. The number of nitrogens with zero attached hydrogens (tertiary/aromatic N) is 1. The van der Waals surface area contributed by atoms with Crippen LogP contribution in [0.3, 0.4) is 0 Å². The summed E-state index contributed by atoms with van der Waals surface area (Å²) < 4.78 is 10.1. The number of carboxylic acid groups (broad SMARTS) is 1. The highest BCUT2D eigenvalue weighted by Crippen LogP contribution is 2.50. The number of aliphatic carboxylic acids is 1. The second-order valence-corrected chi connectivity index (χ2v) is 10.4. The molecule has 1 fully saturated rings. The maximum atomic E-state index is 11.6. The minimum atomic E-state index is -0.718. The third kappa shape index (κ3) is 5.02. The van der Waals surface area contributed by atoms with Crippen LogP contribution in [0.15, 0.2) is 65.2 Å². The fourth-order valence-corrected chi connectivity index (χ4v) is 5.43. The van der Waals surface area contributed by atoms with E-state index in [-0.39, 0.29) is 6.10 Å². The van der Waals surface area contributed by atoms with E-state index in [0.29, 0.717) is 18.0 Å². The zero-order chi connectivity index (χ0) is 28.4. The Bertz CT molecular complexity index is 1580. The largest absolute Gasteiger partial charge is 0.481 e. The normalized spacial score (nSPS) is 14.8. The fourth-order valence-electron chi connectivity index (χ4n) is 5.14. The summed E-state index contributed by atoms with van der Waals surface area (Å²) in [5.74, 6) is 0.0398. The number of halogens is 1. The summed E-state index contributed by atoms with van der Waals surface area (Å²) in [6, 6.07) is 19.6. The van der Waals surface area contributed by atoms with Crippen LogP contribution in [0.5, 0.6) is 0 Å². The predicted octanol–water partition coefficient (Wildman–Crippen LogP) is 6.97. The molecular weight excluding hydrogens is 530 g/mol. The van der Waals surface area contributed by atoms with Crippen LogP contribution in [0.4, 0.5) is 11.4 Å². The van der Waals surface area contributed by atoms with Crippen molar-refractivity contribution in [1.82, 2.24) is 5.16 Å². The number of hydrogen-bond acceptors (Lipinski definition) is 7. The quantitative estimate of drug-likeness (QED) is 0.208. The molecule has 40 heavy (non-hydrogen) atoms. The Hall–Kier alpha value is -4.30. The van der Waals surface area contributed by atoms with Crippen molar-refractivity contribution >= 4 is 35.4 Å². The Morgan fingerprint density at radius 1 is 1.18 bits per heavy atom. The number of hydrogen-bond donors (Lipinski definition) is 3. The number of carbonyl (C=O) groups excluding carboxylic acids is 1. The molecule has 1 atom stereocenters. The van der Waals surface area contributed by atoms with Gasteiger partial charge in [-0.15, -0.1) is 0 Å². The molecular formula is C31H30ClN3O5. The van der Waals surface area contributed by atoms with Crippen molar-refractivity contribution in [3.05, 3.63) is 88.1 Å². The van der Waals surface area contributed by atoms with Crippen LogP contribution in [0.25, 0.3) is 22.4 Å². The maximum absolute atomic E-state index is 11.6. The van der Waals surface area contributed by atoms with Crippen molar-refractivity contribution in [3.63, 3.8) is 0 Å². The topological polar surface area (TPSA) is 114 Å². The van der Waals surface area contributed by atoms with E-state index in [0.717, 1.165) is 69.1 Å². The van der Waals surface area contributed by atoms with Gasteiger partial charge < -0.3 is 25.0 Å². The number of fused-ring (bicyclic) bond motifs is 3. The van der Waals surface area contributed by atoms with Gasteiger partial charge in [0.2, 0.25) is 0 Å². The first kappa shape index (κ1) is 27.3. The van der Waals surface area contributed by atoms with Gasteiger partial charge in [0.25, 0.3) is 6.47 Å². The first-order valence-corrected chi connectivity index (χ1v) is 13.4. The molecule has 2 aliphatic rings. The molecule has 1 saturated carbocycles. The van der Waals surface area contributed by atoms with Gasteiger partial charge in [-0.1, -0.05) is 65.3 Å². The van der Waals surface area contributed by atoms with Crippen LogP contribution < -0.4 is 10.6 Å². The van der Waals surface area contributed by atoms with Gasteiger partial charge in [0.15, 0.2) is 5.76 Å². The summed E-state index contributed by atoms with van der Waals surface area (Å²) in [6.45, 7) is 4.76. The Morgan fingerprint density at radius 2 is 1.93 bits per heavy atom. The number of carbonyl (C=O) groups is 2. The molecule has 6 rings (SSSR count). The minimum Gasteiger partial charge on any atom is -0.481 e. The minimum absolute atomic E-state index is 0.281. The number of anilines is 2. The van der Waals surface area contributed by atoms with Crippen molar-refractivity contribution < 1.29 is 24.0 Å². The van der Waals surface area contributed by atoms with E-state index in [4.69, 9.17) is 20.9 Å². The van der Waals surface area contributed by atoms with Crippen molar-refractivity contribution in [2.24, 2.45) is 0 Å². The highest BCUT2D eigenvalue weighted by atomic mass is 35.5. The lowest BCUT2D eigenvalue weighted by Gasteiger charge is -2.24. The van der Waals surface area contributed by atoms with E-state index in [1.807, 2.05) is 44.3 Å². The molecule has 1 unspecified atom stereocenters. The number of nitrogens with one attached hydrogen (secondary N) is 2. The summed E-state index contributed by atoms with van der Waals surface area (Å²) in [5, 5.41) is 21.0. The van der Waals surface area contributed by atoms with Gasteiger partial charge >= 0.3 is 5.97 Å². The monoisotopic (exact) mass is 559 g/mol. The summed E-state index contributed by atoms with van der Waals surface area (Å²) in [7, 11) is 1.86. The molecule has 9 heteroatoms. The van der Waals surface area contributed by atoms with Gasteiger partial charge in [-0.05, 0) is 55.5 Å². The predicted molar refractivity (Wildman–Crippen MR) is 155 cm³/mol. The number of aromatic nitrogens is 1. The molecule has 3 N–H and O–H groups in total. The first-order valence-electron chi connectivity index (χ1n) is 13.0. The van der Waals surface area contributed by atoms with Crippen LogP contribution in [0.2, 0.25) is 5.02 Å². The molecule has 206 valence electrons. The molecule has 1 aromatic heterocycles. The third-order valence-corrected chi connectivity index (χ3v) is 7.93. The highest BCUT2D eigenvalue weighted by Gasteiger charge is 2.51. The third-order valence-electron chi connectivity index (χ3n) is 7.59. The standard InChI is InChI=1S/C22H21N3O3.C9H9ClO2/c1-12-19(23-2)20(25-28-12)13-3-5-17-16-6-4-15(22(7-8-22)21(26)27)9-14(16)11-24-18(17)10-13;1-7(12-6-11)8-4-2-3-5-9(8)10/h3-6,9-10,23-24H,7-8,11H2,1-2H3,(H,26,27);2-7H,1H3. The van der Waals surface area contributed by atoms with E-state index in [2.05, 4.69) is 40.1 Å². The molecule has 1 aliphatic heterocycles. The SMILES string of the molecule is CC(OC=O)c1ccccc1Cl.CNc1c(-c2ccc3c(c2)NCc2cc(C4(C(=O)O)CC4)ccc2-3)noc1C. The van der Waals surface area contributed by atoms with Crippen LogP contribution in [0.1, 0.15) is 48.3 Å². The number of rotatable bonds is 7. The van der Waals surface area contributed by atoms with E-state index < -0.39 is 11.4 Å². The first-order chi connectivity index (χ1) is 19.3. The molecule has 0 spiro atoms. The van der Waals surface area contributed by atoms with Gasteiger partial charge in [0.1, 0.15) is 17.5 Å². The average Bonchev–Trinajstić information content (AvgIpc) is 3.70. The molecule has 4 aromatic rings. The number of carboxylic acids is 1. The highest BCUT2D eigenvalue weighted by molar-refractivity contribution is 6.31. The summed E-state index contributed by atoms with van der Waals surface area (Å²) in [4.78, 5) is 21.7. The van der Waals surface area contributed by atoms with Gasteiger partial charge in [0, 0.05) is 41.0 Å². The van der Waals surface area contributed by atoms with Gasteiger partial charge in [-0.25, -0.2) is 0 Å². The van der Waals surface area contributed by atoms with Gasteiger partial charge in [0.05, 0.1) is 5.41 Å². The van der Waals surface area contributed by atoms with Crippen LogP contribution in [-0.2, 0) is 26.3 Å². The van der Waals surface area contributed by atoms with Gasteiger partial charge in [-0.3, -0.25) is 9.59 Å². The second kappa shape index (κ2) is 11.1. The lowest BCUT2D eigenvalue weighted by atomic mass is 9.87. The fraction of sp³-hybridized carbons (Fsp3) is 0.258. The number of ether oxygens (including phenoxy) is 1. The second-order valence-electron chi connectivity index (χ2n) is 9.98. The zero-order valence-corrected chi connectivity index (χ0v) is 23.2. The lowest BCUT2D eigenvalue weighted by molar-refractivity contribution is -0.140. The molecule has 2 heterocycles. The molecule has 0 saturated heterocycles. The Morgan fingerprint density at radius 3 is 2.60 bits per heavy atom. The van der Waals surface area contributed by atoms with Crippen LogP contribution in [0, 0.1) is 6.92 Å². The average molecular weight is 560 g/mol. The lowest BCUT2D eigenvalue weighted by Crippen LogP contribution is -2.20. The van der Waals surface area contributed by atoms with Crippen molar-refractivity contribution in [3.8, 4) is 22.4 Å². The Kier molecular flexibility index (Phi) is 7.54. The number of benzene rings is 3. The maximum Gasteiger partial charge on any atom is 0.314 e. The number of aryl methyl sites for hydroxylation is 1. The smallest absolute Gasteiger partial charge is 0.314 e.